The van der Waals surface area contributed by atoms with Crippen molar-refractivity contribution in [2.45, 2.75) is 0 Å². The molecule has 8 heteroatoms. The summed E-state index contributed by atoms with van der Waals surface area (Å²) in [5.74, 6) is -2.79. The van der Waals surface area contributed by atoms with Gasteiger partial charge in [0.2, 0.25) is 0 Å². The second-order valence-corrected chi connectivity index (χ2v) is 8.67. The van der Waals surface area contributed by atoms with Crippen LogP contribution in [0.4, 0.5) is 14.5 Å². The number of nitrogens with one attached hydrogen (secondary N) is 2. The third-order valence-electron chi connectivity index (χ3n) is 5.56. The average molecular weight is 543 g/mol. The maximum atomic E-state index is 14.4. The molecule has 0 unspecified atom stereocenters. The normalized spacial score (nSPS) is 11.3. The summed E-state index contributed by atoms with van der Waals surface area (Å²) in [5, 5.41) is 5.19. The lowest BCUT2D eigenvalue weighted by molar-refractivity contribution is -0.113. The van der Waals surface area contributed by atoms with Gasteiger partial charge in [-0.25, -0.2) is 8.78 Å². The number of hydrogen-bond acceptors (Lipinski definition) is 3. The Balaban J connectivity index is 1.53. The summed E-state index contributed by atoms with van der Waals surface area (Å²) < 4.78 is 28.2. The van der Waals surface area contributed by atoms with Crippen molar-refractivity contribution in [1.82, 2.24) is 5.32 Å². The summed E-state index contributed by atoms with van der Waals surface area (Å²) in [7, 11) is 0. The number of halogens is 3. The number of ketones is 1. The zero-order valence-electron chi connectivity index (χ0n) is 20.3. The average Bonchev–Trinajstić information content (AvgIpc) is 2.94. The van der Waals surface area contributed by atoms with Gasteiger partial charge in [0, 0.05) is 27.9 Å². The molecule has 0 radical (unpaired) electrons. The third-order valence-corrected chi connectivity index (χ3v) is 5.89. The molecule has 0 fully saturated rings. The molecule has 0 atom stereocenters. The fraction of sp³-hybridized carbons (Fsp3) is 0. The van der Waals surface area contributed by atoms with E-state index in [0.29, 0.717) is 16.8 Å². The van der Waals surface area contributed by atoms with Crippen LogP contribution in [-0.4, -0.2) is 17.6 Å². The van der Waals surface area contributed by atoms with Crippen molar-refractivity contribution in [3.8, 4) is 0 Å². The number of rotatable bonds is 8. The van der Waals surface area contributed by atoms with Crippen LogP contribution >= 0.6 is 11.6 Å². The Morgan fingerprint density at radius 2 is 1.38 bits per heavy atom. The largest absolute Gasteiger partial charge is 0.321 e. The highest BCUT2D eigenvalue weighted by Crippen LogP contribution is 2.22. The van der Waals surface area contributed by atoms with Crippen molar-refractivity contribution < 1.29 is 23.2 Å². The van der Waals surface area contributed by atoms with Gasteiger partial charge in [0.25, 0.3) is 11.8 Å². The van der Waals surface area contributed by atoms with Crippen LogP contribution < -0.4 is 10.6 Å². The Morgan fingerprint density at radius 1 is 0.718 bits per heavy atom. The Kier molecular flexibility index (Phi) is 8.76. The van der Waals surface area contributed by atoms with Crippen molar-refractivity contribution in [2.75, 3.05) is 5.32 Å². The third kappa shape index (κ3) is 7.12. The Hall–Kier alpha value is -4.88. The molecule has 4 aromatic rings. The van der Waals surface area contributed by atoms with E-state index in [1.54, 1.807) is 48.5 Å². The van der Waals surface area contributed by atoms with Gasteiger partial charge in [-0.3, -0.25) is 14.4 Å². The summed E-state index contributed by atoms with van der Waals surface area (Å²) in [6.07, 6.45) is 3.79. The number of allylic oxidation sites excluding steroid dienone is 1. The lowest BCUT2D eigenvalue weighted by Gasteiger charge is -2.12. The topological polar surface area (TPSA) is 75.3 Å². The van der Waals surface area contributed by atoms with Gasteiger partial charge in [0.15, 0.2) is 5.78 Å². The number of carbonyl (C=O) groups excluding carboxylic acids is 3. The molecule has 39 heavy (non-hydrogen) atoms. The van der Waals surface area contributed by atoms with Gasteiger partial charge in [0.1, 0.15) is 17.3 Å². The lowest BCUT2D eigenvalue weighted by Crippen LogP contribution is -2.30. The van der Waals surface area contributed by atoms with Crippen molar-refractivity contribution in [3.63, 3.8) is 0 Å². The lowest BCUT2D eigenvalue weighted by atomic mass is 10.1. The molecule has 5 nitrogen and oxygen atoms in total. The predicted molar refractivity (Wildman–Crippen MR) is 148 cm³/mol. The molecule has 0 spiro atoms. The van der Waals surface area contributed by atoms with Crippen molar-refractivity contribution in [1.29, 1.82) is 0 Å². The van der Waals surface area contributed by atoms with Crippen LogP contribution in [0.2, 0.25) is 5.02 Å². The Morgan fingerprint density at radius 3 is 2.08 bits per heavy atom. The first-order valence-electron chi connectivity index (χ1n) is 11.7. The van der Waals surface area contributed by atoms with Gasteiger partial charge in [-0.2, -0.15) is 0 Å². The van der Waals surface area contributed by atoms with Crippen LogP contribution in [0.1, 0.15) is 31.8 Å². The molecular weight excluding hydrogens is 522 g/mol. The highest BCUT2D eigenvalue weighted by atomic mass is 35.5. The summed E-state index contributed by atoms with van der Waals surface area (Å²) in [4.78, 5) is 38.4. The first-order chi connectivity index (χ1) is 18.8. The minimum atomic E-state index is -0.739. The van der Waals surface area contributed by atoms with E-state index in [0.717, 1.165) is 6.08 Å². The van der Waals surface area contributed by atoms with E-state index in [2.05, 4.69) is 10.6 Å². The predicted octanol–water partition coefficient (Wildman–Crippen LogP) is 6.92. The fourth-order valence-electron chi connectivity index (χ4n) is 3.52. The fourth-order valence-corrected chi connectivity index (χ4v) is 3.74. The van der Waals surface area contributed by atoms with Crippen molar-refractivity contribution in [3.05, 3.63) is 148 Å². The summed E-state index contributed by atoms with van der Waals surface area (Å²) >= 11 is 6.13. The van der Waals surface area contributed by atoms with Crippen LogP contribution in [0.25, 0.3) is 12.2 Å². The Labute approximate surface area is 228 Å². The smallest absolute Gasteiger partial charge is 0.272 e. The second-order valence-electron chi connectivity index (χ2n) is 8.26. The minimum absolute atomic E-state index is 0.0561. The van der Waals surface area contributed by atoms with Crippen molar-refractivity contribution in [2.24, 2.45) is 0 Å². The molecule has 194 valence electrons. The molecule has 0 aromatic heterocycles. The molecule has 0 aliphatic carbocycles. The van der Waals surface area contributed by atoms with Crippen LogP contribution in [0.3, 0.4) is 0 Å². The first kappa shape index (κ1) is 27.2. The second kappa shape index (κ2) is 12.6. The van der Waals surface area contributed by atoms with E-state index in [4.69, 9.17) is 11.6 Å². The molecular formula is C31H21ClF2N2O3. The molecule has 2 N–H and O–H groups in total. The maximum Gasteiger partial charge on any atom is 0.272 e. The number of anilines is 1. The van der Waals surface area contributed by atoms with E-state index in [1.807, 2.05) is 0 Å². The van der Waals surface area contributed by atoms with Crippen LogP contribution in [0.5, 0.6) is 0 Å². The molecule has 0 bridgehead atoms. The zero-order valence-corrected chi connectivity index (χ0v) is 21.1. The molecule has 4 aromatic carbocycles. The molecule has 0 heterocycles. The van der Waals surface area contributed by atoms with Gasteiger partial charge in [-0.05, 0) is 72.8 Å². The van der Waals surface area contributed by atoms with Crippen LogP contribution in [0, 0.1) is 11.6 Å². The molecule has 2 amide bonds. The summed E-state index contributed by atoms with van der Waals surface area (Å²) in [6.45, 7) is 0. The van der Waals surface area contributed by atoms with Crippen molar-refractivity contribution >= 4 is 47.0 Å². The van der Waals surface area contributed by atoms with Gasteiger partial charge in [-0.15, -0.1) is 0 Å². The van der Waals surface area contributed by atoms with E-state index >= 15 is 0 Å². The van der Waals surface area contributed by atoms with E-state index < -0.39 is 23.4 Å². The maximum absolute atomic E-state index is 14.4. The van der Waals surface area contributed by atoms with E-state index in [1.165, 1.54) is 60.7 Å². The highest BCUT2D eigenvalue weighted by molar-refractivity contribution is 6.32. The monoisotopic (exact) mass is 542 g/mol. The van der Waals surface area contributed by atoms with E-state index in [9.17, 15) is 23.2 Å². The highest BCUT2D eigenvalue weighted by Gasteiger charge is 2.17. The molecule has 0 saturated carbocycles. The molecule has 4 rings (SSSR count). The minimum Gasteiger partial charge on any atom is -0.321 e. The van der Waals surface area contributed by atoms with Crippen LogP contribution in [0.15, 0.2) is 109 Å². The molecule has 0 aliphatic rings. The van der Waals surface area contributed by atoms with Gasteiger partial charge >= 0.3 is 0 Å². The van der Waals surface area contributed by atoms with Gasteiger partial charge in [-0.1, -0.05) is 54.1 Å². The van der Waals surface area contributed by atoms with Gasteiger partial charge in [0.05, 0.1) is 5.02 Å². The first-order valence-corrected chi connectivity index (χ1v) is 12.1. The molecule has 0 saturated heterocycles. The summed E-state index contributed by atoms with van der Waals surface area (Å²) in [6, 6.07) is 24.3. The molecule has 0 aliphatic heterocycles. The van der Waals surface area contributed by atoms with Gasteiger partial charge < -0.3 is 10.6 Å². The zero-order chi connectivity index (χ0) is 27.8. The SMILES string of the molecule is O=C(Nc1ccc(C(=O)/C=C/c2ccccc2F)cc1)/C(=C/c1c(F)cccc1Cl)NC(=O)c1ccccc1. The number of hydrogen-bond donors (Lipinski definition) is 2. The number of amides is 2. The summed E-state index contributed by atoms with van der Waals surface area (Å²) in [5.41, 5.74) is 0.883. The standard InChI is InChI=1S/C31H21ClF2N2O3/c32-25-10-6-12-27(34)24(25)19-28(36-30(38)22-8-2-1-3-9-22)31(39)35-23-16-13-21(14-17-23)29(37)18-15-20-7-4-5-11-26(20)33/h1-19H,(H,35,39)(H,36,38)/b18-15+,28-19-. The van der Waals surface area contributed by atoms with E-state index in [-0.39, 0.29) is 27.6 Å². The number of benzene rings is 4. The Bertz CT molecular complexity index is 1560. The number of carbonyl (C=O) groups is 3. The quantitative estimate of drug-likeness (QED) is 0.187. The van der Waals surface area contributed by atoms with Crippen LogP contribution in [-0.2, 0) is 4.79 Å².